The Bertz CT molecular complexity index is 537. The first kappa shape index (κ1) is 16.2. The highest BCUT2D eigenvalue weighted by Gasteiger charge is 2.28. The molecular formula is C14H20N4O4. The van der Waals surface area contributed by atoms with Crippen LogP contribution in [0.3, 0.4) is 0 Å². The van der Waals surface area contributed by atoms with E-state index in [-0.39, 0.29) is 24.2 Å². The van der Waals surface area contributed by atoms with Crippen LogP contribution in [0.25, 0.3) is 0 Å². The minimum atomic E-state index is -0.465. The number of carbonyl (C=O) groups excluding carboxylic acids is 2. The third-order valence-corrected chi connectivity index (χ3v) is 3.50. The van der Waals surface area contributed by atoms with E-state index in [2.05, 4.69) is 15.5 Å². The lowest BCUT2D eigenvalue weighted by Crippen LogP contribution is -2.43. The first-order valence-corrected chi connectivity index (χ1v) is 7.12. The Labute approximate surface area is 128 Å². The van der Waals surface area contributed by atoms with Crippen LogP contribution in [0.2, 0.25) is 0 Å². The molecule has 1 saturated heterocycles. The molecule has 1 aromatic rings. The summed E-state index contributed by atoms with van der Waals surface area (Å²) >= 11 is 0. The van der Waals surface area contributed by atoms with Crippen molar-refractivity contribution in [2.45, 2.75) is 25.4 Å². The van der Waals surface area contributed by atoms with Crippen LogP contribution in [0.15, 0.2) is 12.3 Å². The van der Waals surface area contributed by atoms with Gasteiger partial charge in [0.2, 0.25) is 5.91 Å². The van der Waals surface area contributed by atoms with Crippen molar-refractivity contribution >= 4 is 17.5 Å². The molecule has 0 aliphatic carbocycles. The Kier molecular flexibility index (Phi) is 5.65. The van der Waals surface area contributed by atoms with E-state index >= 15 is 0 Å². The number of hydrogen-bond donors (Lipinski definition) is 1. The summed E-state index contributed by atoms with van der Waals surface area (Å²) in [5.41, 5.74) is 0.424. The van der Waals surface area contributed by atoms with Crippen molar-refractivity contribution in [1.82, 2.24) is 15.1 Å². The maximum absolute atomic E-state index is 12.3. The second kappa shape index (κ2) is 7.69. The monoisotopic (exact) mass is 308 g/mol. The first-order chi connectivity index (χ1) is 10.7. The highest BCUT2D eigenvalue weighted by molar-refractivity contribution is 5.95. The Morgan fingerprint density at radius 3 is 3.00 bits per heavy atom. The van der Waals surface area contributed by atoms with E-state index in [9.17, 15) is 9.59 Å². The van der Waals surface area contributed by atoms with Crippen molar-refractivity contribution in [1.29, 1.82) is 0 Å². The van der Waals surface area contributed by atoms with Gasteiger partial charge in [-0.25, -0.2) is 0 Å². The number of nitrogens with one attached hydrogen (secondary N) is 1. The van der Waals surface area contributed by atoms with Crippen LogP contribution in [0, 0.1) is 0 Å². The van der Waals surface area contributed by atoms with Crippen molar-refractivity contribution in [3.8, 4) is 5.88 Å². The second-order valence-corrected chi connectivity index (χ2v) is 4.98. The summed E-state index contributed by atoms with van der Waals surface area (Å²) in [4.78, 5) is 25.9. The Hall–Kier alpha value is -2.22. The highest BCUT2D eigenvalue weighted by atomic mass is 16.5. The zero-order chi connectivity index (χ0) is 15.9. The first-order valence-electron chi connectivity index (χ1n) is 7.12. The van der Waals surface area contributed by atoms with Gasteiger partial charge in [0.25, 0.3) is 11.8 Å². The molecule has 0 bridgehead atoms. The minimum Gasteiger partial charge on any atom is -0.478 e. The Balaban J connectivity index is 2.00. The van der Waals surface area contributed by atoms with Crippen LogP contribution in [-0.4, -0.2) is 60.3 Å². The SMILES string of the molecule is COc1nnccc1NC(=O)CN1CCCCC(OC)C1=O. The normalized spacial score (nSPS) is 18.7. The average molecular weight is 308 g/mol. The molecule has 1 aliphatic heterocycles. The van der Waals surface area contributed by atoms with E-state index in [4.69, 9.17) is 9.47 Å². The van der Waals surface area contributed by atoms with Crippen LogP contribution < -0.4 is 10.1 Å². The summed E-state index contributed by atoms with van der Waals surface area (Å²) in [6, 6.07) is 1.59. The number of rotatable bonds is 5. The van der Waals surface area contributed by atoms with E-state index < -0.39 is 6.10 Å². The van der Waals surface area contributed by atoms with Gasteiger partial charge in [0.1, 0.15) is 11.8 Å². The molecule has 1 N–H and O–H groups in total. The van der Waals surface area contributed by atoms with Gasteiger partial charge < -0.3 is 19.7 Å². The molecule has 1 atom stereocenters. The van der Waals surface area contributed by atoms with E-state index in [1.807, 2.05) is 0 Å². The molecule has 8 heteroatoms. The summed E-state index contributed by atoms with van der Waals surface area (Å²) in [5.74, 6) is -0.223. The standard InChI is InChI=1S/C14H20N4O4/c1-21-11-5-3-4-8-18(14(11)20)9-12(19)16-10-6-7-15-17-13(10)22-2/h6-7,11H,3-5,8-9H2,1-2H3,(H,15,16,19). The summed E-state index contributed by atoms with van der Waals surface area (Å²) in [5, 5.41) is 10.1. The van der Waals surface area contributed by atoms with Crippen molar-refractivity contribution in [2.75, 3.05) is 32.6 Å². The van der Waals surface area contributed by atoms with Gasteiger partial charge in [0, 0.05) is 13.7 Å². The van der Waals surface area contributed by atoms with E-state index in [0.29, 0.717) is 18.7 Å². The topological polar surface area (TPSA) is 93.7 Å². The minimum absolute atomic E-state index is 0.0236. The van der Waals surface area contributed by atoms with Crippen LogP contribution in [0.4, 0.5) is 5.69 Å². The van der Waals surface area contributed by atoms with Gasteiger partial charge >= 0.3 is 0 Å². The summed E-state index contributed by atoms with van der Waals surface area (Å²) in [7, 11) is 2.96. The molecule has 120 valence electrons. The van der Waals surface area contributed by atoms with Crippen molar-refractivity contribution in [2.24, 2.45) is 0 Å². The number of anilines is 1. The maximum Gasteiger partial charge on any atom is 0.257 e. The molecule has 22 heavy (non-hydrogen) atoms. The average Bonchev–Trinajstić information content (AvgIpc) is 2.70. The maximum atomic E-state index is 12.3. The fourth-order valence-corrected chi connectivity index (χ4v) is 2.37. The van der Waals surface area contributed by atoms with Gasteiger partial charge in [-0.05, 0) is 25.3 Å². The number of methoxy groups -OCH3 is 2. The number of carbonyl (C=O) groups is 2. The van der Waals surface area contributed by atoms with Crippen molar-refractivity contribution < 1.29 is 19.1 Å². The number of nitrogens with zero attached hydrogens (tertiary/aromatic N) is 3. The smallest absolute Gasteiger partial charge is 0.257 e. The fourth-order valence-electron chi connectivity index (χ4n) is 2.37. The lowest BCUT2D eigenvalue weighted by atomic mass is 10.2. The number of hydrogen-bond acceptors (Lipinski definition) is 6. The number of likely N-dealkylation sites (tertiary alicyclic amines) is 1. The fraction of sp³-hybridized carbons (Fsp3) is 0.571. The molecule has 0 spiro atoms. The molecule has 0 aromatic carbocycles. The van der Waals surface area contributed by atoms with E-state index in [0.717, 1.165) is 12.8 Å². The van der Waals surface area contributed by atoms with E-state index in [1.54, 1.807) is 6.07 Å². The van der Waals surface area contributed by atoms with Crippen molar-refractivity contribution in [3.63, 3.8) is 0 Å². The highest BCUT2D eigenvalue weighted by Crippen LogP contribution is 2.19. The molecule has 1 aliphatic rings. The number of amides is 2. The quantitative estimate of drug-likeness (QED) is 0.849. The van der Waals surface area contributed by atoms with Crippen LogP contribution in [0.5, 0.6) is 5.88 Å². The predicted octanol–water partition coefficient (Wildman–Crippen LogP) is 0.451. The molecule has 2 rings (SSSR count). The Morgan fingerprint density at radius 2 is 2.27 bits per heavy atom. The molecule has 8 nitrogen and oxygen atoms in total. The third-order valence-electron chi connectivity index (χ3n) is 3.50. The predicted molar refractivity (Wildman–Crippen MR) is 78.4 cm³/mol. The van der Waals surface area contributed by atoms with E-state index in [1.165, 1.54) is 25.3 Å². The number of ether oxygens (including phenoxy) is 2. The molecule has 2 heterocycles. The molecule has 1 fully saturated rings. The molecule has 0 saturated carbocycles. The Morgan fingerprint density at radius 1 is 1.45 bits per heavy atom. The van der Waals surface area contributed by atoms with Gasteiger partial charge in [0.05, 0.1) is 19.9 Å². The lowest BCUT2D eigenvalue weighted by molar-refractivity contribution is -0.143. The van der Waals surface area contributed by atoms with Crippen LogP contribution >= 0.6 is 0 Å². The molecule has 2 amide bonds. The van der Waals surface area contributed by atoms with Crippen LogP contribution in [-0.2, 0) is 14.3 Å². The molecule has 1 unspecified atom stereocenters. The van der Waals surface area contributed by atoms with Crippen LogP contribution in [0.1, 0.15) is 19.3 Å². The molecule has 0 radical (unpaired) electrons. The largest absolute Gasteiger partial charge is 0.478 e. The molecular weight excluding hydrogens is 288 g/mol. The zero-order valence-corrected chi connectivity index (χ0v) is 12.7. The molecule has 1 aromatic heterocycles. The lowest BCUT2D eigenvalue weighted by Gasteiger charge is -2.23. The van der Waals surface area contributed by atoms with Gasteiger partial charge in [-0.15, -0.1) is 5.10 Å². The second-order valence-electron chi connectivity index (χ2n) is 4.98. The number of aromatic nitrogens is 2. The summed E-state index contributed by atoms with van der Waals surface area (Å²) in [6.07, 6.45) is 3.45. The summed E-state index contributed by atoms with van der Waals surface area (Å²) in [6.45, 7) is 0.530. The van der Waals surface area contributed by atoms with Gasteiger partial charge in [-0.1, -0.05) is 0 Å². The van der Waals surface area contributed by atoms with Crippen molar-refractivity contribution in [3.05, 3.63) is 12.3 Å². The van der Waals surface area contributed by atoms with Gasteiger partial charge in [-0.3, -0.25) is 9.59 Å². The van der Waals surface area contributed by atoms with Gasteiger partial charge in [0.15, 0.2) is 0 Å². The zero-order valence-electron chi connectivity index (χ0n) is 12.7. The summed E-state index contributed by atoms with van der Waals surface area (Å²) < 4.78 is 10.2. The van der Waals surface area contributed by atoms with Gasteiger partial charge in [-0.2, -0.15) is 5.10 Å². The third kappa shape index (κ3) is 3.91.